The summed E-state index contributed by atoms with van der Waals surface area (Å²) in [6.45, 7) is 10.7. The van der Waals surface area contributed by atoms with Gasteiger partial charge in [0.2, 0.25) is 0 Å². The first-order valence-electron chi connectivity index (χ1n) is 8.96. The van der Waals surface area contributed by atoms with Gasteiger partial charge in [-0.25, -0.2) is 4.39 Å². The summed E-state index contributed by atoms with van der Waals surface area (Å²) in [6.07, 6.45) is 0.846. The van der Waals surface area contributed by atoms with Crippen LogP contribution < -0.4 is 0 Å². The molecule has 1 aromatic carbocycles. The standard InChI is InChI=1S/C13H18.C7H13FN2/c1-13(2,3)12-9-11(12)10-7-5-4-6-8-10;1-9-4-7(5-9)10-2-6(8)3-10/h4-8,11-12H,9H2,1-3H3;6-7H,2-5H2,1H3. The number of benzene rings is 1. The molecular formula is C20H31FN2. The molecule has 1 aromatic rings. The first-order valence-corrected chi connectivity index (χ1v) is 8.96. The van der Waals surface area contributed by atoms with Crippen molar-refractivity contribution in [1.29, 1.82) is 0 Å². The molecule has 0 amide bonds. The summed E-state index contributed by atoms with van der Waals surface area (Å²) in [5, 5.41) is 0. The van der Waals surface area contributed by atoms with Crippen LogP contribution in [0.3, 0.4) is 0 Å². The second kappa shape index (κ2) is 6.52. The summed E-state index contributed by atoms with van der Waals surface area (Å²) in [4.78, 5) is 4.49. The van der Waals surface area contributed by atoms with Crippen molar-refractivity contribution in [3.05, 3.63) is 35.9 Å². The quantitative estimate of drug-likeness (QED) is 0.818. The van der Waals surface area contributed by atoms with E-state index in [1.165, 1.54) is 12.0 Å². The molecule has 2 saturated heterocycles. The Morgan fingerprint density at radius 2 is 1.61 bits per heavy atom. The van der Waals surface area contributed by atoms with E-state index in [9.17, 15) is 4.39 Å². The van der Waals surface area contributed by atoms with E-state index in [0.717, 1.165) is 24.9 Å². The van der Waals surface area contributed by atoms with E-state index < -0.39 is 6.17 Å². The molecule has 1 saturated carbocycles. The largest absolute Gasteiger partial charge is 0.303 e. The van der Waals surface area contributed by atoms with Crippen molar-refractivity contribution in [3.8, 4) is 0 Å². The zero-order valence-electron chi connectivity index (χ0n) is 15.0. The van der Waals surface area contributed by atoms with Crippen molar-refractivity contribution in [1.82, 2.24) is 9.80 Å². The predicted molar refractivity (Wildman–Crippen MR) is 94.5 cm³/mol. The third-order valence-corrected chi connectivity index (χ3v) is 5.56. The number of hydrogen-bond donors (Lipinski definition) is 0. The molecule has 2 aliphatic heterocycles. The van der Waals surface area contributed by atoms with E-state index in [-0.39, 0.29) is 0 Å². The fourth-order valence-corrected chi connectivity index (χ4v) is 3.87. The molecule has 2 atom stereocenters. The SMILES string of the molecule is CC(C)(C)C1CC1c1ccccc1.CN1CC(N2CC(F)C2)C1. The van der Waals surface area contributed by atoms with Crippen LogP contribution in [0, 0.1) is 11.3 Å². The lowest BCUT2D eigenvalue weighted by Gasteiger charge is -2.48. The maximum Gasteiger partial charge on any atom is 0.125 e. The van der Waals surface area contributed by atoms with Crippen LogP contribution in [0.1, 0.15) is 38.7 Å². The molecule has 1 aliphatic carbocycles. The number of halogens is 1. The van der Waals surface area contributed by atoms with E-state index in [4.69, 9.17) is 0 Å². The Hall–Kier alpha value is -0.930. The van der Waals surface area contributed by atoms with Crippen molar-refractivity contribution in [2.24, 2.45) is 11.3 Å². The first kappa shape index (κ1) is 16.9. The Balaban J connectivity index is 0.000000140. The fourth-order valence-electron chi connectivity index (χ4n) is 3.87. The minimum atomic E-state index is -0.536. The molecule has 2 nitrogen and oxygen atoms in total. The van der Waals surface area contributed by atoms with Crippen molar-refractivity contribution in [2.75, 3.05) is 33.2 Å². The summed E-state index contributed by atoms with van der Waals surface area (Å²) in [7, 11) is 2.10. The average Bonchev–Trinajstić information content (AvgIpc) is 3.23. The van der Waals surface area contributed by atoms with Crippen molar-refractivity contribution in [2.45, 2.75) is 45.3 Å². The van der Waals surface area contributed by atoms with E-state index in [1.54, 1.807) is 0 Å². The predicted octanol–water partition coefficient (Wildman–Crippen LogP) is 3.79. The summed E-state index contributed by atoms with van der Waals surface area (Å²) in [5.74, 6) is 1.73. The van der Waals surface area contributed by atoms with Gasteiger partial charge in [0.05, 0.1) is 0 Å². The molecule has 0 spiro atoms. The number of alkyl halides is 1. The fraction of sp³-hybridized carbons (Fsp3) is 0.700. The number of rotatable bonds is 2. The third-order valence-electron chi connectivity index (χ3n) is 5.56. The van der Waals surface area contributed by atoms with Gasteiger partial charge in [-0.05, 0) is 36.3 Å². The lowest BCUT2D eigenvalue weighted by molar-refractivity contribution is -0.0321. The van der Waals surface area contributed by atoms with Crippen LogP contribution in [0.25, 0.3) is 0 Å². The van der Waals surface area contributed by atoms with E-state index in [1.807, 2.05) is 0 Å². The van der Waals surface area contributed by atoms with Gasteiger partial charge in [0, 0.05) is 32.2 Å². The molecule has 3 aliphatic rings. The monoisotopic (exact) mass is 318 g/mol. The lowest BCUT2D eigenvalue weighted by atomic mass is 9.88. The minimum Gasteiger partial charge on any atom is -0.303 e. The zero-order chi connectivity index (χ0) is 16.6. The van der Waals surface area contributed by atoms with Crippen LogP contribution in [0.2, 0.25) is 0 Å². The highest BCUT2D eigenvalue weighted by atomic mass is 19.1. The third kappa shape index (κ3) is 4.13. The summed E-state index contributed by atoms with van der Waals surface area (Å²) >= 11 is 0. The van der Waals surface area contributed by atoms with Gasteiger partial charge in [-0.2, -0.15) is 0 Å². The van der Waals surface area contributed by atoms with Gasteiger partial charge in [-0.15, -0.1) is 0 Å². The number of hydrogen-bond acceptors (Lipinski definition) is 2. The number of likely N-dealkylation sites (tertiary alicyclic amines) is 2. The molecule has 0 bridgehead atoms. The second-order valence-electron chi connectivity index (χ2n) is 8.65. The Morgan fingerprint density at radius 1 is 1.00 bits per heavy atom. The molecule has 2 unspecified atom stereocenters. The highest BCUT2D eigenvalue weighted by Gasteiger charge is 2.45. The van der Waals surface area contributed by atoms with E-state index >= 15 is 0 Å². The normalized spacial score (nSPS) is 29.3. The second-order valence-corrected chi connectivity index (χ2v) is 8.65. The topological polar surface area (TPSA) is 6.48 Å². The van der Waals surface area contributed by atoms with Crippen LogP contribution in [0.5, 0.6) is 0 Å². The van der Waals surface area contributed by atoms with Gasteiger partial charge in [-0.3, -0.25) is 4.90 Å². The van der Waals surface area contributed by atoms with Crippen molar-refractivity contribution in [3.63, 3.8) is 0 Å². The molecule has 4 rings (SSSR count). The average molecular weight is 318 g/mol. The molecule has 23 heavy (non-hydrogen) atoms. The molecule has 3 heteroatoms. The summed E-state index contributed by atoms with van der Waals surface area (Å²) in [6, 6.07) is 11.6. The summed E-state index contributed by atoms with van der Waals surface area (Å²) in [5.41, 5.74) is 2.02. The van der Waals surface area contributed by atoms with Crippen molar-refractivity contribution < 1.29 is 4.39 Å². The van der Waals surface area contributed by atoms with E-state index in [2.05, 4.69) is 68.0 Å². The van der Waals surface area contributed by atoms with Gasteiger partial charge in [-0.1, -0.05) is 51.1 Å². The Morgan fingerprint density at radius 3 is 2.04 bits per heavy atom. The molecule has 0 N–H and O–H groups in total. The van der Waals surface area contributed by atoms with Crippen LogP contribution in [-0.2, 0) is 0 Å². The van der Waals surface area contributed by atoms with Crippen LogP contribution in [-0.4, -0.2) is 55.2 Å². The van der Waals surface area contributed by atoms with Gasteiger partial charge < -0.3 is 4.90 Å². The summed E-state index contributed by atoms with van der Waals surface area (Å²) < 4.78 is 12.3. The number of nitrogens with zero attached hydrogens (tertiary/aromatic N) is 2. The molecule has 3 fully saturated rings. The first-order chi connectivity index (χ1) is 10.8. The smallest absolute Gasteiger partial charge is 0.125 e. The molecular weight excluding hydrogens is 287 g/mol. The molecule has 2 heterocycles. The highest BCUT2D eigenvalue weighted by molar-refractivity contribution is 5.26. The van der Waals surface area contributed by atoms with Gasteiger partial charge >= 0.3 is 0 Å². The van der Waals surface area contributed by atoms with Crippen LogP contribution >= 0.6 is 0 Å². The van der Waals surface area contributed by atoms with Gasteiger partial charge in [0.1, 0.15) is 6.17 Å². The Kier molecular flexibility index (Phi) is 4.80. The molecule has 128 valence electrons. The zero-order valence-corrected chi connectivity index (χ0v) is 15.0. The Labute approximate surface area is 140 Å². The maximum absolute atomic E-state index is 12.3. The maximum atomic E-state index is 12.3. The van der Waals surface area contributed by atoms with Gasteiger partial charge in [0.15, 0.2) is 0 Å². The minimum absolute atomic E-state index is 0.487. The highest BCUT2D eigenvalue weighted by Crippen LogP contribution is 2.56. The molecule has 0 radical (unpaired) electrons. The van der Waals surface area contributed by atoms with Crippen LogP contribution in [0.15, 0.2) is 30.3 Å². The van der Waals surface area contributed by atoms with Crippen molar-refractivity contribution >= 4 is 0 Å². The Bertz CT molecular complexity index is 482. The van der Waals surface area contributed by atoms with Gasteiger partial charge in [0.25, 0.3) is 0 Å². The lowest BCUT2D eigenvalue weighted by Crippen LogP contribution is -2.64. The van der Waals surface area contributed by atoms with E-state index in [0.29, 0.717) is 24.5 Å². The molecule has 0 aromatic heterocycles. The van der Waals surface area contributed by atoms with Crippen LogP contribution in [0.4, 0.5) is 4.39 Å². The number of likely N-dealkylation sites (N-methyl/N-ethyl adjacent to an activating group) is 1.